The van der Waals surface area contributed by atoms with Gasteiger partial charge in [0.15, 0.2) is 0 Å². The van der Waals surface area contributed by atoms with Crippen molar-refractivity contribution in [3.8, 4) is 0 Å². The zero-order valence-electron chi connectivity index (χ0n) is 11.8. The van der Waals surface area contributed by atoms with Gasteiger partial charge in [-0.2, -0.15) is 0 Å². The minimum Gasteiger partial charge on any atom is -0.330 e. The molecule has 0 aromatic carbocycles. The van der Waals surface area contributed by atoms with E-state index in [0.29, 0.717) is 18.4 Å². The van der Waals surface area contributed by atoms with Crippen molar-refractivity contribution in [3.63, 3.8) is 0 Å². The number of halogens is 2. The number of fused-ring (bicyclic) bond motifs is 1. The highest BCUT2D eigenvalue weighted by molar-refractivity contribution is 6.20. The number of dihydropyridines is 1. The summed E-state index contributed by atoms with van der Waals surface area (Å²) in [6.07, 6.45) is 9.78. The van der Waals surface area contributed by atoms with E-state index in [1.54, 1.807) is 6.08 Å². The lowest BCUT2D eigenvalue weighted by molar-refractivity contribution is -0.113. The van der Waals surface area contributed by atoms with E-state index in [0.717, 1.165) is 29.7 Å². The van der Waals surface area contributed by atoms with Crippen LogP contribution in [0.4, 0.5) is 0 Å². The van der Waals surface area contributed by atoms with Crippen molar-refractivity contribution in [3.05, 3.63) is 35.5 Å². The fraction of sp³-hybridized carbons (Fsp3) is 0.467. The average molecular weight is 317 g/mol. The minimum atomic E-state index is -0.139. The molecule has 3 nitrogen and oxygen atoms in total. The monoisotopic (exact) mass is 316 g/mol. The molecule has 112 valence electrons. The molecule has 5 heteroatoms. The van der Waals surface area contributed by atoms with E-state index >= 15 is 0 Å². The number of carbonyl (C=O) groups excluding carboxylic acids is 1. The lowest BCUT2D eigenvalue weighted by Crippen LogP contribution is -2.18. The smallest absolute Gasteiger partial charge is 0.270 e. The van der Waals surface area contributed by atoms with Crippen LogP contribution in [-0.4, -0.2) is 18.2 Å². The summed E-state index contributed by atoms with van der Waals surface area (Å²) in [4.78, 5) is 15.6. The van der Waals surface area contributed by atoms with Crippen LogP contribution < -0.4 is 5.73 Å². The summed E-state index contributed by atoms with van der Waals surface area (Å²) in [7, 11) is 0. The predicted octanol–water partition coefficient (Wildman–Crippen LogP) is 3.24. The second kappa shape index (κ2) is 8.40. The van der Waals surface area contributed by atoms with Gasteiger partial charge in [0.2, 0.25) is 0 Å². The summed E-state index contributed by atoms with van der Waals surface area (Å²) in [6, 6.07) is 0. The fourth-order valence-electron chi connectivity index (χ4n) is 2.39. The lowest BCUT2D eigenvalue weighted by Gasteiger charge is -2.22. The maximum atomic E-state index is 11.6. The van der Waals surface area contributed by atoms with E-state index < -0.39 is 0 Å². The summed E-state index contributed by atoms with van der Waals surface area (Å²) in [5.41, 5.74) is 8.66. The van der Waals surface area contributed by atoms with Crippen LogP contribution in [0.1, 0.15) is 26.7 Å². The van der Waals surface area contributed by atoms with Crippen molar-refractivity contribution in [1.29, 1.82) is 0 Å². The topological polar surface area (TPSA) is 55.5 Å². The molecule has 1 unspecified atom stereocenters. The van der Waals surface area contributed by atoms with E-state index in [9.17, 15) is 4.79 Å². The fourth-order valence-corrected chi connectivity index (χ4v) is 2.39. The Balaban J connectivity index is 0.00000180. The largest absolute Gasteiger partial charge is 0.330 e. The van der Waals surface area contributed by atoms with E-state index in [-0.39, 0.29) is 30.7 Å². The standard InChI is InChI=1S/C15H20N2O.2ClH/c1-10(2)7-12-9-15(18)17-14-4-3-11(5-6-16)8-13(12)14;;/h3-4,8-11H,5-7,16H2,1-2H3;2*1H. The number of hydrogen-bond donors (Lipinski definition) is 1. The highest BCUT2D eigenvalue weighted by Gasteiger charge is 2.22. The number of allylic oxidation sites excluding steroid dienone is 5. The molecule has 2 aliphatic rings. The van der Waals surface area contributed by atoms with Gasteiger partial charge in [-0.15, -0.1) is 24.8 Å². The number of nitrogens with zero attached hydrogens (tertiary/aromatic N) is 1. The molecular formula is C15H22Cl2N2O. The van der Waals surface area contributed by atoms with Crippen LogP contribution in [0, 0.1) is 11.8 Å². The first-order valence-corrected chi connectivity index (χ1v) is 6.54. The van der Waals surface area contributed by atoms with Crippen LogP contribution in [0.5, 0.6) is 0 Å². The first kappa shape index (κ1) is 19.1. The molecule has 0 fully saturated rings. The van der Waals surface area contributed by atoms with Crippen molar-refractivity contribution < 1.29 is 4.79 Å². The van der Waals surface area contributed by atoms with Crippen molar-refractivity contribution in [2.45, 2.75) is 26.7 Å². The van der Waals surface area contributed by atoms with Crippen molar-refractivity contribution >= 4 is 36.4 Å². The van der Waals surface area contributed by atoms with Crippen LogP contribution in [-0.2, 0) is 4.79 Å². The highest BCUT2D eigenvalue weighted by atomic mass is 35.5. The van der Waals surface area contributed by atoms with Crippen molar-refractivity contribution in [2.24, 2.45) is 22.6 Å². The van der Waals surface area contributed by atoms with E-state index in [1.807, 2.05) is 6.08 Å². The van der Waals surface area contributed by atoms with Gasteiger partial charge in [0, 0.05) is 11.6 Å². The molecule has 0 aromatic heterocycles. The van der Waals surface area contributed by atoms with Crippen molar-refractivity contribution in [1.82, 2.24) is 0 Å². The van der Waals surface area contributed by atoms with Gasteiger partial charge >= 0.3 is 0 Å². The molecular weight excluding hydrogens is 295 g/mol. The first-order valence-electron chi connectivity index (χ1n) is 6.54. The van der Waals surface area contributed by atoms with E-state index in [2.05, 4.69) is 31.0 Å². The second-order valence-corrected chi connectivity index (χ2v) is 5.28. The van der Waals surface area contributed by atoms with Crippen LogP contribution in [0.15, 0.2) is 40.4 Å². The Hall–Kier alpha value is -0.900. The van der Waals surface area contributed by atoms with Gasteiger partial charge in [-0.1, -0.05) is 26.0 Å². The van der Waals surface area contributed by atoms with Crippen LogP contribution in [0.25, 0.3) is 0 Å². The molecule has 1 amide bonds. The Morgan fingerprint density at radius 3 is 2.65 bits per heavy atom. The summed E-state index contributed by atoms with van der Waals surface area (Å²) < 4.78 is 0. The third-order valence-electron chi connectivity index (χ3n) is 3.16. The molecule has 0 bridgehead atoms. The van der Waals surface area contributed by atoms with E-state index in [1.165, 1.54) is 0 Å². The van der Waals surface area contributed by atoms with Gasteiger partial charge in [-0.3, -0.25) is 4.79 Å². The van der Waals surface area contributed by atoms with Gasteiger partial charge < -0.3 is 5.73 Å². The summed E-state index contributed by atoms with van der Waals surface area (Å²) in [5, 5.41) is 0. The molecule has 1 aliphatic heterocycles. The minimum absolute atomic E-state index is 0. The molecule has 2 N–H and O–H groups in total. The zero-order chi connectivity index (χ0) is 13.1. The number of amides is 1. The van der Waals surface area contributed by atoms with Crippen LogP contribution in [0.3, 0.4) is 0 Å². The van der Waals surface area contributed by atoms with Crippen LogP contribution in [0.2, 0.25) is 0 Å². The SMILES string of the molecule is CC(C)CC1=CC(=O)N=C2C=CC(CCN)C=C12.Cl.Cl. The third-order valence-corrected chi connectivity index (χ3v) is 3.16. The molecule has 0 spiro atoms. The Morgan fingerprint density at radius 2 is 2.05 bits per heavy atom. The Labute approximate surface area is 132 Å². The zero-order valence-corrected chi connectivity index (χ0v) is 13.5. The van der Waals surface area contributed by atoms with Gasteiger partial charge in [-0.05, 0) is 42.9 Å². The Bertz CT molecular complexity index is 476. The van der Waals surface area contributed by atoms with Gasteiger partial charge in [0.1, 0.15) is 0 Å². The maximum Gasteiger partial charge on any atom is 0.270 e. The molecule has 2 rings (SSSR count). The van der Waals surface area contributed by atoms with Gasteiger partial charge in [0.25, 0.3) is 5.91 Å². The van der Waals surface area contributed by atoms with Gasteiger partial charge in [-0.25, -0.2) is 4.99 Å². The number of carbonyl (C=O) groups is 1. The molecule has 1 aliphatic carbocycles. The number of hydrogen-bond acceptors (Lipinski definition) is 2. The number of aliphatic imine (C=N–C) groups is 1. The van der Waals surface area contributed by atoms with Gasteiger partial charge in [0.05, 0.1) is 5.71 Å². The molecule has 0 aromatic rings. The normalized spacial score (nSPS) is 20.3. The number of nitrogens with two attached hydrogens (primary N) is 1. The number of rotatable bonds is 4. The molecule has 0 saturated carbocycles. The lowest BCUT2D eigenvalue weighted by atomic mass is 9.84. The Morgan fingerprint density at radius 1 is 1.35 bits per heavy atom. The summed E-state index contributed by atoms with van der Waals surface area (Å²) >= 11 is 0. The third kappa shape index (κ3) is 4.58. The Kier molecular flexibility index (Phi) is 8.02. The van der Waals surface area contributed by atoms with Crippen molar-refractivity contribution in [2.75, 3.05) is 6.54 Å². The molecule has 0 radical (unpaired) electrons. The highest BCUT2D eigenvalue weighted by Crippen LogP contribution is 2.29. The predicted molar refractivity (Wildman–Crippen MR) is 88.9 cm³/mol. The first-order chi connectivity index (χ1) is 8.60. The quantitative estimate of drug-likeness (QED) is 0.865. The van der Waals surface area contributed by atoms with E-state index in [4.69, 9.17) is 5.73 Å². The molecule has 1 atom stereocenters. The summed E-state index contributed by atoms with van der Waals surface area (Å²) in [5.74, 6) is 0.760. The second-order valence-electron chi connectivity index (χ2n) is 5.28. The maximum absolute atomic E-state index is 11.6. The van der Waals surface area contributed by atoms with Crippen LogP contribution >= 0.6 is 24.8 Å². The summed E-state index contributed by atoms with van der Waals surface area (Å²) in [6.45, 7) is 4.99. The molecule has 1 heterocycles. The average Bonchev–Trinajstić information content (AvgIpc) is 2.29. The molecule has 0 saturated heterocycles. The molecule has 20 heavy (non-hydrogen) atoms.